The lowest BCUT2D eigenvalue weighted by atomic mass is 10.1. The molecule has 0 spiro atoms. The maximum atomic E-state index is 12.2. The molecule has 2 aromatic carbocycles. The standard InChI is InChI=1S/C18H18N4O2/c1-2-16(17(23)21-18-19-12-20-22-18)24-15-10-8-14(9-11-15)13-6-4-3-5-7-13/h3-12,16H,2H2,1H3,(H2,19,20,21,22,23). The van der Waals surface area contributed by atoms with Gasteiger partial charge in [0.15, 0.2) is 6.10 Å². The van der Waals surface area contributed by atoms with Crippen LogP contribution in [0, 0.1) is 0 Å². The van der Waals surface area contributed by atoms with Crippen LogP contribution >= 0.6 is 0 Å². The summed E-state index contributed by atoms with van der Waals surface area (Å²) in [5, 5.41) is 8.92. The second-order valence-corrected chi connectivity index (χ2v) is 5.23. The van der Waals surface area contributed by atoms with Gasteiger partial charge in [0.05, 0.1) is 0 Å². The molecule has 0 aliphatic heterocycles. The molecule has 0 fully saturated rings. The number of benzene rings is 2. The van der Waals surface area contributed by atoms with Crippen LogP contribution in [0.1, 0.15) is 13.3 Å². The van der Waals surface area contributed by atoms with Crippen molar-refractivity contribution in [1.29, 1.82) is 0 Å². The van der Waals surface area contributed by atoms with Gasteiger partial charge in [-0.25, -0.2) is 5.10 Å². The number of carbonyl (C=O) groups excluding carboxylic acids is 1. The Morgan fingerprint density at radius 2 is 1.83 bits per heavy atom. The topological polar surface area (TPSA) is 79.9 Å². The predicted octanol–water partition coefficient (Wildman–Crippen LogP) is 3.27. The molecule has 1 amide bonds. The molecule has 0 saturated heterocycles. The van der Waals surface area contributed by atoms with Crippen molar-refractivity contribution in [2.24, 2.45) is 0 Å². The normalized spacial score (nSPS) is 11.7. The summed E-state index contributed by atoms with van der Waals surface area (Å²) in [6.45, 7) is 1.89. The lowest BCUT2D eigenvalue weighted by Gasteiger charge is -2.16. The Morgan fingerprint density at radius 3 is 2.46 bits per heavy atom. The van der Waals surface area contributed by atoms with Gasteiger partial charge in [-0.2, -0.15) is 10.1 Å². The molecule has 1 heterocycles. The maximum Gasteiger partial charge on any atom is 0.267 e. The molecular weight excluding hydrogens is 304 g/mol. The highest BCUT2D eigenvalue weighted by atomic mass is 16.5. The third-order valence-corrected chi connectivity index (χ3v) is 3.56. The quantitative estimate of drug-likeness (QED) is 0.730. The lowest BCUT2D eigenvalue weighted by molar-refractivity contribution is -0.122. The van der Waals surface area contributed by atoms with Gasteiger partial charge in [0.25, 0.3) is 5.91 Å². The van der Waals surface area contributed by atoms with Crippen molar-refractivity contribution in [1.82, 2.24) is 15.2 Å². The number of hydrogen-bond acceptors (Lipinski definition) is 4. The number of anilines is 1. The fraction of sp³-hybridized carbons (Fsp3) is 0.167. The zero-order valence-corrected chi connectivity index (χ0v) is 13.3. The Morgan fingerprint density at radius 1 is 1.12 bits per heavy atom. The van der Waals surface area contributed by atoms with Crippen LogP contribution in [0.15, 0.2) is 60.9 Å². The van der Waals surface area contributed by atoms with Crippen molar-refractivity contribution in [3.05, 3.63) is 60.9 Å². The molecular formula is C18H18N4O2. The second kappa shape index (κ2) is 7.41. The molecule has 2 N–H and O–H groups in total. The number of aromatic amines is 1. The molecule has 0 saturated carbocycles. The number of rotatable bonds is 6. The van der Waals surface area contributed by atoms with Gasteiger partial charge in [0.1, 0.15) is 12.1 Å². The number of ether oxygens (including phenoxy) is 1. The predicted molar refractivity (Wildman–Crippen MR) is 91.6 cm³/mol. The van der Waals surface area contributed by atoms with E-state index in [0.29, 0.717) is 18.1 Å². The average molecular weight is 322 g/mol. The molecule has 0 aliphatic rings. The second-order valence-electron chi connectivity index (χ2n) is 5.23. The van der Waals surface area contributed by atoms with E-state index >= 15 is 0 Å². The zero-order chi connectivity index (χ0) is 16.8. The number of H-pyrrole nitrogens is 1. The molecule has 0 radical (unpaired) electrons. The van der Waals surface area contributed by atoms with Gasteiger partial charge in [-0.3, -0.25) is 10.1 Å². The van der Waals surface area contributed by atoms with Gasteiger partial charge in [0, 0.05) is 0 Å². The van der Waals surface area contributed by atoms with Crippen LogP contribution in [0.25, 0.3) is 11.1 Å². The van der Waals surface area contributed by atoms with Crippen LogP contribution in [0.5, 0.6) is 5.75 Å². The third kappa shape index (κ3) is 3.78. The van der Waals surface area contributed by atoms with Crippen LogP contribution in [-0.4, -0.2) is 27.2 Å². The Balaban J connectivity index is 1.66. The minimum atomic E-state index is -0.599. The highest BCUT2D eigenvalue weighted by molar-refractivity contribution is 5.92. The van der Waals surface area contributed by atoms with Gasteiger partial charge < -0.3 is 4.74 Å². The fourth-order valence-electron chi connectivity index (χ4n) is 2.31. The lowest BCUT2D eigenvalue weighted by Crippen LogP contribution is -2.32. The van der Waals surface area contributed by atoms with Crippen molar-refractivity contribution in [2.45, 2.75) is 19.4 Å². The molecule has 1 atom stereocenters. The molecule has 122 valence electrons. The van der Waals surface area contributed by atoms with Crippen molar-refractivity contribution < 1.29 is 9.53 Å². The van der Waals surface area contributed by atoms with Crippen LogP contribution in [-0.2, 0) is 4.79 Å². The first-order valence-electron chi connectivity index (χ1n) is 7.74. The monoisotopic (exact) mass is 322 g/mol. The van der Waals surface area contributed by atoms with Gasteiger partial charge in [-0.1, -0.05) is 49.4 Å². The molecule has 6 heteroatoms. The summed E-state index contributed by atoms with van der Waals surface area (Å²) < 4.78 is 5.79. The Hall–Kier alpha value is -3.15. The van der Waals surface area contributed by atoms with Crippen molar-refractivity contribution in [2.75, 3.05) is 5.32 Å². The molecule has 3 aromatic rings. The molecule has 24 heavy (non-hydrogen) atoms. The van der Waals surface area contributed by atoms with Gasteiger partial charge in [0.2, 0.25) is 5.95 Å². The summed E-state index contributed by atoms with van der Waals surface area (Å²) >= 11 is 0. The summed E-state index contributed by atoms with van der Waals surface area (Å²) in [5.74, 6) is 0.692. The maximum absolute atomic E-state index is 12.2. The average Bonchev–Trinajstić information content (AvgIpc) is 3.14. The van der Waals surface area contributed by atoms with E-state index in [2.05, 4.69) is 32.6 Å². The van der Waals surface area contributed by atoms with Crippen LogP contribution < -0.4 is 10.1 Å². The van der Waals surface area contributed by atoms with Gasteiger partial charge in [-0.15, -0.1) is 0 Å². The fourth-order valence-corrected chi connectivity index (χ4v) is 2.31. The van der Waals surface area contributed by atoms with Gasteiger partial charge in [-0.05, 0) is 29.7 Å². The Kier molecular flexibility index (Phi) is 4.86. The number of amides is 1. The van der Waals surface area contributed by atoms with E-state index in [4.69, 9.17) is 4.74 Å². The summed E-state index contributed by atoms with van der Waals surface area (Å²) in [7, 11) is 0. The Labute approximate surface area is 139 Å². The van der Waals surface area contributed by atoms with Crippen LogP contribution in [0.2, 0.25) is 0 Å². The number of nitrogens with one attached hydrogen (secondary N) is 2. The highest BCUT2D eigenvalue weighted by Gasteiger charge is 2.19. The number of carbonyl (C=O) groups is 1. The molecule has 6 nitrogen and oxygen atoms in total. The van der Waals surface area contributed by atoms with Crippen LogP contribution in [0.4, 0.5) is 5.95 Å². The first-order chi connectivity index (χ1) is 11.8. The number of aromatic nitrogens is 3. The minimum Gasteiger partial charge on any atom is -0.481 e. The first-order valence-corrected chi connectivity index (χ1v) is 7.74. The number of hydrogen-bond donors (Lipinski definition) is 2. The summed E-state index contributed by atoms with van der Waals surface area (Å²) in [5.41, 5.74) is 2.24. The first kappa shape index (κ1) is 15.7. The van der Waals surface area contributed by atoms with E-state index < -0.39 is 6.10 Å². The molecule has 3 rings (SSSR count). The van der Waals surface area contributed by atoms with Gasteiger partial charge >= 0.3 is 0 Å². The van der Waals surface area contributed by atoms with E-state index in [1.807, 2.05) is 49.4 Å². The van der Waals surface area contributed by atoms with E-state index in [0.717, 1.165) is 11.1 Å². The third-order valence-electron chi connectivity index (χ3n) is 3.56. The van der Waals surface area contributed by atoms with Crippen LogP contribution in [0.3, 0.4) is 0 Å². The minimum absolute atomic E-state index is 0.263. The van der Waals surface area contributed by atoms with E-state index in [1.54, 1.807) is 0 Å². The summed E-state index contributed by atoms with van der Waals surface area (Å²) in [6, 6.07) is 17.8. The van der Waals surface area contributed by atoms with Crippen molar-refractivity contribution >= 4 is 11.9 Å². The molecule has 0 bridgehead atoms. The molecule has 1 aromatic heterocycles. The zero-order valence-electron chi connectivity index (χ0n) is 13.3. The van der Waals surface area contributed by atoms with E-state index in [-0.39, 0.29) is 5.91 Å². The van der Waals surface area contributed by atoms with E-state index in [9.17, 15) is 4.79 Å². The number of nitrogens with zero attached hydrogens (tertiary/aromatic N) is 2. The highest BCUT2D eigenvalue weighted by Crippen LogP contribution is 2.23. The summed E-state index contributed by atoms with van der Waals surface area (Å²) in [4.78, 5) is 16.1. The SMILES string of the molecule is CCC(Oc1ccc(-c2ccccc2)cc1)C(=O)Nc1ncn[nH]1. The van der Waals surface area contributed by atoms with Crippen molar-refractivity contribution in [3.63, 3.8) is 0 Å². The Bertz CT molecular complexity index is 771. The molecule has 1 unspecified atom stereocenters. The molecule has 0 aliphatic carbocycles. The summed E-state index contributed by atoms with van der Waals surface area (Å²) in [6.07, 6.45) is 1.28. The largest absolute Gasteiger partial charge is 0.481 e. The van der Waals surface area contributed by atoms with E-state index in [1.165, 1.54) is 6.33 Å². The van der Waals surface area contributed by atoms with Crippen molar-refractivity contribution in [3.8, 4) is 16.9 Å². The smallest absolute Gasteiger partial charge is 0.267 e.